The maximum absolute atomic E-state index is 13.1. The number of rotatable bonds is 4. The van der Waals surface area contributed by atoms with Crippen LogP contribution in [0, 0.1) is 0 Å². The van der Waals surface area contributed by atoms with E-state index in [1.165, 1.54) is 16.8 Å². The van der Waals surface area contributed by atoms with Crippen molar-refractivity contribution in [2.45, 2.75) is 63.1 Å². The van der Waals surface area contributed by atoms with E-state index in [0.29, 0.717) is 31.2 Å². The second kappa shape index (κ2) is 8.69. The number of sulfonamides is 1. The van der Waals surface area contributed by atoms with Gasteiger partial charge in [-0.05, 0) is 58.2 Å². The summed E-state index contributed by atoms with van der Waals surface area (Å²) in [5.41, 5.74) is 0. The molecule has 3 atom stereocenters. The molecule has 0 bridgehead atoms. The Bertz CT molecular complexity index is 799. The number of nitrogens with zero attached hydrogens (tertiary/aromatic N) is 3. The molecule has 2 aliphatic heterocycles. The molecule has 2 fully saturated rings. The zero-order valence-electron chi connectivity index (χ0n) is 16.8. The predicted octanol–water partition coefficient (Wildman–Crippen LogP) is 2.82. The van der Waals surface area contributed by atoms with Gasteiger partial charge >= 0.3 is 0 Å². The van der Waals surface area contributed by atoms with Crippen LogP contribution < -0.4 is 0 Å². The van der Waals surface area contributed by atoms with Crippen LogP contribution in [0.15, 0.2) is 29.2 Å². The van der Waals surface area contributed by atoms with Gasteiger partial charge in [-0.1, -0.05) is 17.7 Å². The van der Waals surface area contributed by atoms with Crippen LogP contribution in [-0.4, -0.2) is 72.7 Å². The predicted molar refractivity (Wildman–Crippen MR) is 111 cm³/mol. The lowest BCUT2D eigenvalue weighted by Crippen LogP contribution is -2.58. The summed E-state index contributed by atoms with van der Waals surface area (Å²) in [5, 5.41) is 0.406. The minimum absolute atomic E-state index is 0.158. The quantitative estimate of drug-likeness (QED) is 0.741. The summed E-state index contributed by atoms with van der Waals surface area (Å²) < 4.78 is 27.2. The summed E-state index contributed by atoms with van der Waals surface area (Å²) in [5.74, 6) is 0.158. The van der Waals surface area contributed by atoms with Crippen molar-refractivity contribution in [1.82, 2.24) is 14.1 Å². The summed E-state index contributed by atoms with van der Waals surface area (Å²) >= 11 is 5.95. The van der Waals surface area contributed by atoms with Gasteiger partial charge in [-0.25, -0.2) is 8.42 Å². The molecule has 2 heterocycles. The first-order chi connectivity index (χ1) is 13.2. The van der Waals surface area contributed by atoms with Crippen LogP contribution in [0.1, 0.15) is 40.0 Å². The molecule has 2 aliphatic rings. The fraction of sp³-hybridized carbons (Fsp3) is 0.650. The molecule has 2 saturated heterocycles. The SMILES string of the molecule is C[C@H](C(=O)N1[C@H](C)CCC[C@@H]1C)N1CCN(S(=O)(=O)c2cccc(Cl)c2)CC1. The largest absolute Gasteiger partial charge is 0.336 e. The third-order valence-corrected chi connectivity index (χ3v) is 8.19. The van der Waals surface area contributed by atoms with Crippen LogP contribution in [0.3, 0.4) is 0 Å². The zero-order valence-corrected chi connectivity index (χ0v) is 18.4. The summed E-state index contributed by atoms with van der Waals surface area (Å²) in [6.45, 7) is 8.02. The Morgan fingerprint density at radius 1 is 1.11 bits per heavy atom. The molecule has 0 aliphatic carbocycles. The molecule has 0 aromatic heterocycles. The van der Waals surface area contributed by atoms with Gasteiger partial charge in [-0.15, -0.1) is 0 Å². The topological polar surface area (TPSA) is 60.9 Å². The van der Waals surface area contributed by atoms with Gasteiger partial charge in [0.2, 0.25) is 15.9 Å². The molecule has 0 radical (unpaired) electrons. The molecule has 3 rings (SSSR count). The molecule has 1 amide bonds. The molecule has 1 aromatic carbocycles. The third kappa shape index (κ3) is 4.37. The molecule has 0 N–H and O–H groups in total. The highest BCUT2D eigenvalue weighted by molar-refractivity contribution is 7.89. The molecular formula is C20H30ClN3O3S. The third-order valence-electron chi connectivity index (χ3n) is 6.06. The molecular weight excluding hydrogens is 398 g/mol. The van der Waals surface area contributed by atoms with Crippen molar-refractivity contribution < 1.29 is 13.2 Å². The van der Waals surface area contributed by atoms with Gasteiger partial charge in [0, 0.05) is 43.3 Å². The van der Waals surface area contributed by atoms with Gasteiger partial charge in [0.25, 0.3) is 0 Å². The van der Waals surface area contributed by atoms with Crippen LogP contribution >= 0.6 is 11.6 Å². The lowest BCUT2D eigenvalue weighted by molar-refractivity contribution is -0.143. The second-order valence-corrected chi connectivity index (χ2v) is 10.3. The lowest BCUT2D eigenvalue weighted by Gasteiger charge is -2.43. The number of hydrogen-bond donors (Lipinski definition) is 0. The van der Waals surface area contributed by atoms with E-state index < -0.39 is 10.0 Å². The van der Waals surface area contributed by atoms with Crippen LogP contribution in [0.4, 0.5) is 0 Å². The maximum atomic E-state index is 13.1. The fourth-order valence-electron chi connectivity index (χ4n) is 4.34. The van der Waals surface area contributed by atoms with E-state index in [4.69, 9.17) is 11.6 Å². The van der Waals surface area contributed by atoms with E-state index in [1.807, 2.05) is 11.8 Å². The molecule has 8 heteroatoms. The summed E-state index contributed by atoms with van der Waals surface area (Å²) in [6, 6.07) is 6.65. The highest BCUT2D eigenvalue weighted by Gasteiger charge is 2.36. The standard InChI is InChI=1S/C20H30ClN3O3S/c1-15-6-4-7-16(2)24(15)20(25)17(3)22-10-12-23(13-11-22)28(26,27)19-9-5-8-18(21)14-19/h5,8-9,14-17H,4,6-7,10-13H2,1-3H3/t15-,16+,17-/m1/s1. The Balaban J connectivity index is 1.64. The average Bonchev–Trinajstić information content (AvgIpc) is 2.67. The van der Waals surface area contributed by atoms with Gasteiger partial charge in [-0.2, -0.15) is 4.31 Å². The van der Waals surface area contributed by atoms with Crippen molar-refractivity contribution >= 4 is 27.5 Å². The number of hydrogen-bond acceptors (Lipinski definition) is 4. The van der Waals surface area contributed by atoms with Crippen LogP contribution in [0.5, 0.6) is 0 Å². The maximum Gasteiger partial charge on any atom is 0.243 e. The summed E-state index contributed by atoms with van der Waals surface area (Å²) in [4.78, 5) is 17.4. The number of piperidine rings is 1. The van der Waals surface area contributed by atoms with Gasteiger partial charge in [0.1, 0.15) is 0 Å². The fourth-order valence-corrected chi connectivity index (χ4v) is 6.06. The number of carbonyl (C=O) groups excluding carboxylic acids is 1. The first kappa shape index (κ1) is 21.6. The number of carbonyl (C=O) groups is 1. The van der Waals surface area contributed by atoms with Crippen molar-refractivity contribution in [2.75, 3.05) is 26.2 Å². The number of piperazine rings is 1. The van der Waals surface area contributed by atoms with E-state index in [0.717, 1.165) is 12.8 Å². The van der Waals surface area contributed by atoms with Crippen molar-refractivity contribution in [3.8, 4) is 0 Å². The van der Waals surface area contributed by atoms with Crippen LogP contribution in [-0.2, 0) is 14.8 Å². The van der Waals surface area contributed by atoms with Crippen molar-refractivity contribution in [2.24, 2.45) is 0 Å². The van der Waals surface area contributed by atoms with E-state index in [-0.39, 0.29) is 28.9 Å². The van der Waals surface area contributed by atoms with E-state index in [2.05, 4.69) is 18.7 Å². The zero-order chi connectivity index (χ0) is 20.5. The Morgan fingerprint density at radius 3 is 2.29 bits per heavy atom. The summed E-state index contributed by atoms with van der Waals surface area (Å²) in [7, 11) is -3.57. The first-order valence-electron chi connectivity index (χ1n) is 10.0. The molecule has 1 aromatic rings. The van der Waals surface area contributed by atoms with E-state index in [1.54, 1.807) is 18.2 Å². The van der Waals surface area contributed by atoms with Gasteiger partial charge in [0.05, 0.1) is 10.9 Å². The van der Waals surface area contributed by atoms with Gasteiger partial charge < -0.3 is 4.90 Å². The molecule has 0 saturated carbocycles. The molecule has 0 unspecified atom stereocenters. The van der Waals surface area contributed by atoms with Crippen LogP contribution in [0.2, 0.25) is 5.02 Å². The Morgan fingerprint density at radius 2 is 1.71 bits per heavy atom. The van der Waals surface area contributed by atoms with Crippen molar-refractivity contribution in [3.05, 3.63) is 29.3 Å². The van der Waals surface area contributed by atoms with E-state index >= 15 is 0 Å². The van der Waals surface area contributed by atoms with Crippen LogP contribution in [0.25, 0.3) is 0 Å². The normalized spacial score (nSPS) is 26.2. The van der Waals surface area contributed by atoms with Crippen molar-refractivity contribution in [3.63, 3.8) is 0 Å². The monoisotopic (exact) mass is 427 g/mol. The smallest absolute Gasteiger partial charge is 0.243 e. The minimum Gasteiger partial charge on any atom is -0.336 e. The Labute approximate surface area is 173 Å². The number of benzene rings is 1. The lowest BCUT2D eigenvalue weighted by atomic mass is 9.96. The molecule has 6 nitrogen and oxygen atoms in total. The van der Waals surface area contributed by atoms with Gasteiger partial charge in [-0.3, -0.25) is 9.69 Å². The highest BCUT2D eigenvalue weighted by atomic mass is 35.5. The number of likely N-dealkylation sites (tertiary alicyclic amines) is 1. The minimum atomic E-state index is -3.57. The van der Waals surface area contributed by atoms with Crippen molar-refractivity contribution in [1.29, 1.82) is 0 Å². The van der Waals surface area contributed by atoms with E-state index in [9.17, 15) is 13.2 Å². The molecule has 0 spiro atoms. The van der Waals surface area contributed by atoms with Gasteiger partial charge in [0.15, 0.2) is 0 Å². The Kier molecular flexibility index (Phi) is 6.69. The number of amides is 1. The molecule has 156 valence electrons. The average molecular weight is 428 g/mol. The highest BCUT2D eigenvalue weighted by Crippen LogP contribution is 2.25. The Hall–Kier alpha value is -1.15. The second-order valence-electron chi connectivity index (χ2n) is 7.95. The number of halogens is 1. The first-order valence-corrected chi connectivity index (χ1v) is 11.9. The molecule has 28 heavy (non-hydrogen) atoms. The summed E-state index contributed by atoms with van der Waals surface area (Å²) in [6.07, 6.45) is 3.27.